The summed E-state index contributed by atoms with van der Waals surface area (Å²) in [7, 11) is 0. The van der Waals surface area contributed by atoms with Gasteiger partial charge in [-0.1, -0.05) is 6.92 Å². The van der Waals surface area contributed by atoms with Crippen molar-refractivity contribution in [1.82, 2.24) is 15.2 Å². The smallest absolute Gasteiger partial charge is 0.352 e. The third kappa shape index (κ3) is 5.69. The Morgan fingerprint density at radius 1 is 1.43 bits per heavy atom. The third-order valence-corrected chi connectivity index (χ3v) is 4.68. The minimum atomic E-state index is -4.46. The molecule has 1 saturated heterocycles. The van der Waals surface area contributed by atoms with E-state index in [4.69, 9.17) is 0 Å². The average Bonchev–Trinajstić information content (AvgIpc) is 2.52. The first-order valence-electron chi connectivity index (χ1n) is 7.60. The molecule has 1 N–H and O–H groups in total. The lowest BCUT2D eigenvalue weighted by molar-refractivity contribution is -0.0329. The van der Waals surface area contributed by atoms with Crippen molar-refractivity contribution in [2.24, 2.45) is 5.92 Å². The maximum Gasteiger partial charge on any atom is 0.447 e. The molecule has 128 valence electrons. The molecule has 2 rings (SSSR count). The Bertz CT molecular complexity index is 531. The van der Waals surface area contributed by atoms with E-state index in [0.717, 1.165) is 32.5 Å². The maximum absolute atomic E-state index is 12.5. The number of rotatable bonds is 5. The van der Waals surface area contributed by atoms with Crippen LogP contribution in [-0.4, -0.2) is 47.5 Å². The lowest BCUT2D eigenvalue weighted by Gasteiger charge is -2.31. The third-order valence-electron chi connectivity index (χ3n) is 3.93. The number of amides is 1. The summed E-state index contributed by atoms with van der Waals surface area (Å²) in [5.74, 6) is -0.125. The van der Waals surface area contributed by atoms with Crippen LogP contribution in [0.15, 0.2) is 23.4 Å². The second-order valence-corrected chi connectivity index (χ2v) is 6.55. The Morgan fingerprint density at radius 3 is 2.74 bits per heavy atom. The standard InChI is InChI=1S/C15H20F3N3OS/c1-2-21-8-5-11(6-9-21)10-20-13(22)12-4-3-7-19-14(12)23-15(16,17)18/h3-4,7,11H,2,5-6,8-10H2,1H3,(H,20,22). The fourth-order valence-corrected chi connectivity index (χ4v) is 3.20. The molecule has 23 heavy (non-hydrogen) atoms. The quantitative estimate of drug-likeness (QED) is 0.831. The van der Waals surface area contributed by atoms with Gasteiger partial charge in [-0.25, -0.2) is 4.98 Å². The number of carbonyl (C=O) groups excluding carboxylic acids is 1. The van der Waals surface area contributed by atoms with E-state index in [1.54, 1.807) is 0 Å². The molecule has 1 aromatic rings. The highest BCUT2D eigenvalue weighted by Crippen LogP contribution is 2.37. The minimum absolute atomic E-state index is 0.0270. The second kappa shape index (κ2) is 8.01. The molecule has 0 saturated carbocycles. The van der Waals surface area contributed by atoms with E-state index in [0.29, 0.717) is 12.5 Å². The highest BCUT2D eigenvalue weighted by molar-refractivity contribution is 8.00. The number of halogens is 3. The van der Waals surface area contributed by atoms with Crippen LogP contribution < -0.4 is 5.32 Å². The SMILES string of the molecule is CCN1CCC(CNC(=O)c2cccnc2SC(F)(F)F)CC1. The van der Waals surface area contributed by atoms with E-state index in [-0.39, 0.29) is 22.4 Å². The Morgan fingerprint density at radius 2 is 2.13 bits per heavy atom. The molecule has 0 spiro atoms. The van der Waals surface area contributed by atoms with E-state index in [1.807, 2.05) is 0 Å². The summed E-state index contributed by atoms with van der Waals surface area (Å²) in [6.07, 6.45) is 3.24. The van der Waals surface area contributed by atoms with E-state index in [9.17, 15) is 18.0 Å². The van der Waals surface area contributed by atoms with Crippen molar-refractivity contribution in [1.29, 1.82) is 0 Å². The first kappa shape index (κ1) is 18.1. The molecule has 0 atom stereocenters. The number of nitrogens with one attached hydrogen (secondary N) is 1. The molecule has 0 aromatic carbocycles. The predicted molar refractivity (Wildman–Crippen MR) is 83.3 cm³/mol. The number of piperidine rings is 1. The Balaban J connectivity index is 1.91. The number of carbonyl (C=O) groups is 1. The molecule has 2 heterocycles. The first-order valence-corrected chi connectivity index (χ1v) is 8.42. The molecule has 1 amide bonds. The van der Waals surface area contributed by atoms with Gasteiger partial charge in [0.2, 0.25) is 0 Å². The van der Waals surface area contributed by atoms with Crippen LogP contribution in [0.3, 0.4) is 0 Å². The predicted octanol–water partition coefficient (Wildman–Crippen LogP) is 3.16. The Labute approximate surface area is 137 Å². The van der Waals surface area contributed by atoms with Crippen LogP contribution in [-0.2, 0) is 0 Å². The van der Waals surface area contributed by atoms with Crippen LogP contribution in [0.4, 0.5) is 13.2 Å². The molecule has 0 radical (unpaired) electrons. The fraction of sp³-hybridized carbons (Fsp3) is 0.600. The van der Waals surface area contributed by atoms with Gasteiger partial charge < -0.3 is 10.2 Å². The van der Waals surface area contributed by atoms with Gasteiger partial charge in [-0.3, -0.25) is 4.79 Å². The summed E-state index contributed by atoms with van der Waals surface area (Å²) >= 11 is -0.358. The number of hydrogen-bond donors (Lipinski definition) is 1. The molecule has 1 aliphatic rings. The van der Waals surface area contributed by atoms with E-state index >= 15 is 0 Å². The maximum atomic E-state index is 12.5. The van der Waals surface area contributed by atoms with Gasteiger partial charge >= 0.3 is 5.51 Å². The summed E-state index contributed by atoms with van der Waals surface area (Å²) < 4.78 is 37.6. The molecule has 4 nitrogen and oxygen atoms in total. The van der Waals surface area contributed by atoms with Crippen molar-refractivity contribution in [2.75, 3.05) is 26.2 Å². The molecule has 1 aromatic heterocycles. The van der Waals surface area contributed by atoms with Gasteiger partial charge in [-0.2, -0.15) is 13.2 Å². The summed E-state index contributed by atoms with van der Waals surface area (Å²) in [5, 5.41) is 2.44. The molecule has 0 unspecified atom stereocenters. The zero-order valence-electron chi connectivity index (χ0n) is 12.9. The van der Waals surface area contributed by atoms with Crippen LogP contribution >= 0.6 is 11.8 Å². The van der Waals surface area contributed by atoms with Crippen molar-refractivity contribution in [2.45, 2.75) is 30.3 Å². The van der Waals surface area contributed by atoms with Gasteiger partial charge in [-0.05, 0) is 50.5 Å². The lowest BCUT2D eigenvalue weighted by atomic mass is 9.97. The molecule has 0 bridgehead atoms. The van der Waals surface area contributed by atoms with Crippen LogP contribution in [0.1, 0.15) is 30.1 Å². The number of pyridine rings is 1. The number of hydrogen-bond acceptors (Lipinski definition) is 4. The van der Waals surface area contributed by atoms with Gasteiger partial charge in [-0.15, -0.1) is 0 Å². The summed E-state index contributed by atoms with van der Waals surface area (Å²) in [4.78, 5) is 18.2. The molecule has 8 heteroatoms. The zero-order valence-corrected chi connectivity index (χ0v) is 13.7. The number of likely N-dealkylation sites (tertiary alicyclic amines) is 1. The van der Waals surface area contributed by atoms with Crippen molar-refractivity contribution in [3.63, 3.8) is 0 Å². The second-order valence-electron chi connectivity index (χ2n) is 5.49. The largest absolute Gasteiger partial charge is 0.447 e. The van der Waals surface area contributed by atoms with Crippen molar-refractivity contribution >= 4 is 17.7 Å². The average molecular weight is 347 g/mol. The molecular formula is C15H20F3N3OS. The molecular weight excluding hydrogens is 327 g/mol. The molecule has 1 aliphatic heterocycles. The lowest BCUT2D eigenvalue weighted by Crippen LogP contribution is -2.38. The van der Waals surface area contributed by atoms with Gasteiger partial charge in [0.25, 0.3) is 5.91 Å². The highest BCUT2D eigenvalue weighted by Gasteiger charge is 2.32. The number of alkyl halides is 3. The van der Waals surface area contributed by atoms with Gasteiger partial charge in [0.15, 0.2) is 0 Å². The topological polar surface area (TPSA) is 45.2 Å². The van der Waals surface area contributed by atoms with Crippen LogP contribution in [0, 0.1) is 5.92 Å². The molecule has 1 fully saturated rings. The van der Waals surface area contributed by atoms with Gasteiger partial charge in [0, 0.05) is 24.5 Å². The van der Waals surface area contributed by atoms with Crippen molar-refractivity contribution in [3.05, 3.63) is 23.9 Å². The Kier molecular flexibility index (Phi) is 6.29. The van der Waals surface area contributed by atoms with Crippen LogP contribution in [0.25, 0.3) is 0 Å². The van der Waals surface area contributed by atoms with E-state index < -0.39 is 11.4 Å². The van der Waals surface area contributed by atoms with Gasteiger partial charge in [0.05, 0.1) is 5.56 Å². The highest BCUT2D eigenvalue weighted by atomic mass is 32.2. The number of aromatic nitrogens is 1. The monoisotopic (exact) mass is 347 g/mol. The Hall–Kier alpha value is -1.28. The van der Waals surface area contributed by atoms with Crippen LogP contribution in [0.5, 0.6) is 0 Å². The zero-order chi connectivity index (χ0) is 16.9. The number of thioether (sulfide) groups is 1. The van der Waals surface area contributed by atoms with Crippen LogP contribution in [0.2, 0.25) is 0 Å². The minimum Gasteiger partial charge on any atom is -0.352 e. The van der Waals surface area contributed by atoms with E-state index in [1.165, 1.54) is 18.3 Å². The first-order chi connectivity index (χ1) is 10.9. The van der Waals surface area contributed by atoms with Gasteiger partial charge in [0.1, 0.15) is 5.03 Å². The summed E-state index contributed by atoms with van der Waals surface area (Å²) in [6.45, 7) is 5.62. The van der Waals surface area contributed by atoms with Crippen molar-refractivity contribution < 1.29 is 18.0 Å². The molecule has 0 aliphatic carbocycles. The fourth-order valence-electron chi connectivity index (χ4n) is 2.59. The summed E-state index contributed by atoms with van der Waals surface area (Å²) in [5.41, 5.74) is -4.49. The normalized spacial score (nSPS) is 17.2. The summed E-state index contributed by atoms with van der Waals surface area (Å²) in [6, 6.07) is 2.84. The van der Waals surface area contributed by atoms with E-state index in [2.05, 4.69) is 22.1 Å². The number of nitrogens with zero attached hydrogens (tertiary/aromatic N) is 2. The van der Waals surface area contributed by atoms with Crippen molar-refractivity contribution in [3.8, 4) is 0 Å².